The van der Waals surface area contributed by atoms with E-state index in [2.05, 4.69) is 28.4 Å². The Hall–Kier alpha value is -1.49. The molecule has 1 N–H and O–H groups in total. The molecular weight excluding hydrogens is 282 g/mol. The lowest BCUT2D eigenvalue weighted by atomic mass is 10.0. The Morgan fingerprint density at radius 3 is 2.76 bits per heavy atom. The largest absolute Gasteiger partial charge is 0.395 e. The fraction of sp³-hybridized carbons (Fsp3) is 0.500. The Morgan fingerprint density at radius 2 is 2.10 bits per heavy atom. The summed E-state index contributed by atoms with van der Waals surface area (Å²) >= 11 is 1.71. The molecule has 0 spiro atoms. The summed E-state index contributed by atoms with van der Waals surface area (Å²) in [5.74, 6) is 0.654. The van der Waals surface area contributed by atoms with Gasteiger partial charge in [-0.2, -0.15) is 0 Å². The first-order valence-corrected chi connectivity index (χ1v) is 8.73. The van der Waals surface area contributed by atoms with E-state index in [0.29, 0.717) is 12.4 Å². The molecule has 0 unspecified atom stereocenters. The minimum atomic E-state index is 0.654. The van der Waals surface area contributed by atoms with Crippen LogP contribution >= 0.6 is 11.8 Å². The second-order valence-electron chi connectivity index (χ2n) is 5.43. The van der Waals surface area contributed by atoms with Crippen LogP contribution < -0.4 is 0 Å². The second kappa shape index (κ2) is 6.52. The van der Waals surface area contributed by atoms with Crippen molar-refractivity contribution in [2.45, 2.75) is 30.6 Å². The predicted molar refractivity (Wildman–Crippen MR) is 87.6 cm³/mol. The van der Waals surface area contributed by atoms with Crippen molar-refractivity contribution in [1.82, 2.24) is 4.90 Å². The third kappa shape index (κ3) is 3.07. The van der Waals surface area contributed by atoms with Crippen LogP contribution in [0.4, 0.5) is 0 Å². The standard InChI is InChI=1S/C16H21N3OS/c1-21-15-11-12(16(17)19-8-3-2-4-9-19)5-6-13(15)14-7-10-20-18-14/h5-6,11,17H,2-4,7-10H2,1H3. The number of benzene rings is 1. The SMILES string of the molecule is CSc1cc(C(=N)N2CCCCC2)ccc1C1=NOCC1. The highest BCUT2D eigenvalue weighted by molar-refractivity contribution is 7.98. The summed E-state index contributed by atoms with van der Waals surface area (Å²) in [4.78, 5) is 8.48. The highest BCUT2D eigenvalue weighted by Gasteiger charge is 2.18. The van der Waals surface area contributed by atoms with Gasteiger partial charge in [-0.3, -0.25) is 5.41 Å². The number of thioether (sulfide) groups is 1. The Bertz CT molecular complexity index is 565. The van der Waals surface area contributed by atoms with Crippen LogP contribution in [-0.4, -0.2) is 42.4 Å². The van der Waals surface area contributed by atoms with Crippen molar-refractivity contribution in [1.29, 1.82) is 5.41 Å². The molecule has 0 aromatic heterocycles. The molecule has 21 heavy (non-hydrogen) atoms. The molecule has 2 heterocycles. The van der Waals surface area contributed by atoms with Crippen molar-refractivity contribution in [3.8, 4) is 0 Å². The lowest BCUT2D eigenvalue weighted by molar-refractivity contribution is 0.174. The number of rotatable bonds is 3. The molecule has 1 saturated heterocycles. The average molecular weight is 303 g/mol. The van der Waals surface area contributed by atoms with Crippen molar-refractivity contribution in [2.75, 3.05) is 26.0 Å². The van der Waals surface area contributed by atoms with Crippen molar-refractivity contribution in [2.24, 2.45) is 5.16 Å². The van der Waals surface area contributed by atoms with Crippen LogP contribution in [0.25, 0.3) is 0 Å². The van der Waals surface area contributed by atoms with E-state index in [-0.39, 0.29) is 0 Å². The van der Waals surface area contributed by atoms with Gasteiger partial charge in [0.1, 0.15) is 12.4 Å². The number of oxime groups is 1. The van der Waals surface area contributed by atoms with E-state index in [0.717, 1.165) is 36.3 Å². The number of hydrogen-bond acceptors (Lipinski definition) is 4. The van der Waals surface area contributed by atoms with E-state index in [9.17, 15) is 0 Å². The summed E-state index contributed by atoms with van der Waals surface area (Å²) in [6.45, 7) is 2.69. The lowest BCUT2D eigenvalue weighted by Gasteiger charge is -2.29. The predicted octanol–water partition coefficient (Wildman–Crippen LogP) is 3.34. The van der Waals surface area contributed by atoms with Gasteiger partial charge in [0.05, 0.1) is 5.71 Å². The fourth-order valence-corrected chi connectivity index (χ4v) is 3.52. The minimum absolute atomic E-state index is 0.654. The van der Waals surface area contributed by atoms with Crippen LogP contribution in [0.2, 0.25) is 0 Å². The number of amidine groups is 1. The second-order valence-corrected chi connectivity index (χ2v) is 6.28. The maximum absolute atomic E-state index is 8.44. The Kier molecular flexibility index (Phi) is 4.48. The quantitative estimate of drug-likeness (QED) is 0.529. The summed E-state index contributed by atoms with van der Waals surface area (Å²) in [6.07, 6.45) is 6.63. The molecule has 4 nitrogen and oxygen atoms in total. The first-order valence-electron chi connectivity index (χ1n) is 7.50. The average Bonchev–Trinajstić information content (AvgIpc) is 3.08. The van der Waals surface area contributed by atoms with Gasteiger partial charge in [-0.1, -0.05) is 17.3 Å². The first kappa shape index (κ1) is 14.4. The lowest BCUT2D eigenvalue weighted by Crippen LogP contribution is -2.35. The smallest absolute Gasteiger partial charge is 0.128 e. The molecule has 0 saturated carbocycles. The van der Waals surface area contributed by atoms with Gasteiger partial charge in [0.15, 0.2) is 0 Å². The molecule has 1 fully saturated rings. The maximum atomic E-state index is 8.44. The third-order valence-corrected chi connectivity index (χ3v) is 4.84. The normalized spacial score (nSPS) is 18.3. The van der Waals surface area contributed by atoms with E-state index >= 15 is 0 Å². The van der Waals surface area contributed by atoms with Gasteiger partial charge >= 0.3 is 0 Å². The summed E-state index contributed by atoms with van der Waals surface area (Å²) in [7, 11) is 0. The van der Waals surface area contributed by atoms with Gasteiger partial charge in [-0.15, -0.1) is 11.8 Å². The first-order chi connectivity index (χ1) is 10.3. The molecule has 0 bridgehead atoms. The molecule has 0 aliphatic carbocycles. The van der Waals surface area contributed by atoms with Crippen LogP contribution in [0.1, 0.15) is 36.8 Å². The molecule has 2 aliphatic rings. The van der Waals surface area contributed by atoms with Crippen LogP contribution in [0.5, 0.6) is 0 Å². The Balaban J connectivity index is 1.84. The summed E-state index contributed by atoms with van der Waals surface area (Å²) < 4.78 is 0. The Morgan fingerprint density at radius 1 is 1.29 bits per heavy atom. The van der Waals surface area contributed by atoms with Crippen LogP contribution in [-0.2, 0) is 4.84 Å². The molecule has 0 amide bonds. The summed E-state index contributed by atoms with van der Waals surface area (Å²) in [5, 5.41) is 12.6. The van der Waals surface area contributed by atoms with E-state index in [1.807, 2.05) is 6.07 Å². The van der Waals surface area contributed by atoms with Gasteiger partial charge in [0.25, 0.3) is 0 Å². The van der Waals surface area contributed by atoms with E-state index in [1.54, 1.807) is 11.8 Å². The fourth-order valence-electron chi connectivity index (χ4n) is 2.87. The zero-order chi connectivity index (χ0) is 14.7. The van der Waals surface area contributed by atoms with E-state index in [4.69, 9.17) is 10.2 Å². The van der Waals surface area contributed by atoms with Crippen LogP contribution in [0.3, 0.4) is 0 Å². The third-order valence-electron chi connectivity index (χ3n) is 4.06. The van der Waals surface area contributed by atoms with E-state index in [1.165, 1.54) is 24.2 Å². The molecular formula is C16H21N3OS. The maximum Gasteiger partial charge on any atom is 0.128 e. The number of hydrogen-bond donors (Lipinski definition) is 1. The molecule has 0 radical (unpaired) electrons. The molecule has 3 rings (SSSR count). The molecule has 5 heteroatoms. The molecule has 1 aromatic carbocycles. The number of nitrogens with one attached hydrogen (secondary N) is 1. The van der Waals surface area contributed by atoms with Crippen molar-refractivity contribution < 1.29 is 4.84 Å². The monoisotopic (exact) mass is 303 g/mol. The topological polar surface area (TPSA) is 48.7 Å². The summed E-state index contributed by atoms with van der Waals surface area (Å²) in [6, 6.07) is 6.26. The van der Waals surface area contributed by atoms with Gasteiger partial charge in [-0.05, 0) is 31.6 Å². The number of likely N-dealkylation sites (tertiary alicyclic amines) is 1. The van der Waals surface area contributed by atoms with Gasteiger partial charge in [0.2, 0.25) is 0 Å². The van der Waals surface area contributed by atoms with Gasteiger partial charge in [0, 0.05) is 35.5 Å². The molecule has 1 aromatic rings. The van der Waals surface area contributed by atoms with Crippen LogP contribution in [0, 0.1) is 5.41 Å². The molecule has 2 aliphatic heterocycles. The van der Waals surface area contributed by atoms with Crippen LogP contribution in [0.15, 0.2) is 28.3 Å². The van der Waals surface area contributed by atoms with E-state index < -0.39 is 0 Å². The zero-order valence-electron chi connectivity index (χ0n) is 12.4. The Labute approximate surface area is 130 Å². The minimum Gasteiger partial charge on any atom is -0.395 e. The highest BCUT2D eigenvalue weighted by atomic mass is 32.2. The van der Waals surface area contributed by atoms with Gasteiger partial charge in [-0.25, -0.2) is 0 Å². The number of nitrogens with zero attached hydrogens (tertiary/aromatic N) is 2. The highest BCUT2D eigenvalue weighted by Crippen LogP contribution is 2.26. The van der Waals surface area contributed by atoms with Crippen molar-refractivity contribution in [3.05, 3.63) is 29.3 Å². The number of piperidine rings is 1. The summed E-state index contributed by atoms with van der Waals surface area (Å²) in [5.41, 5.74) is 3.18. The molecule has 0 atom stereocenters. The van der Waals surface area contributed by atoms with Crippen molar-refractivity contribution in [3.63, 3.8) is 0 Å². The van der Waals surface area contributed by atoms with Crippen molar-refractivity contribution >= 4 is 23.3 Å². The molecule has 112 valence electrons. The van der Waals surface area contributed by atoms with Gasteiger partial charge < -0.3 is 9.74 Å². The zero-order valence-corrected chi connectivity index (χ0v) is 13.2.